The summed E-state index contributed by atoms with van der Waals surface area (Å²) < 4.78 is 0. The van der Waals surface area contributed by atoms with Crippen LogP contribution in [0.2, 0.25) is 0 Å². The first kappa shape index (κ1) is 12.4. The summed E-state index contributed by atoms with van der Waals surface area (Å²) in [7, 11) is 1.84. The van der Waals surface area contributed by atoms with Gasteiger partial charge >= 0.3 is 0 Å². The van der Waals surface area contributed by atoms with E-state index in [1.807, 2.05) is 13.1 Å². The van der Waals surface area contributed by atoms with Gasteiger partial charge in [-0.1, -0.05) is 17.7 Å². The molecule has 0 fully saturated rings. The molecule has 0 atom stereocenters. The first-order chi connectivity index (χ1) is 8.60. The highest BCUT2D eigenvalue weighted by Gasteiger charge is 2.05. The van der Waals surface area contributed by atoms with E-state index in [4.69, 9.17) is 0 Å². The summed E-state index contributed by atoms with van der Waals surface area (Å²) in [6, 6.07) is 6.21. The normalized spacial score (nSPS) is 10.2. The van der Waals surface area contributed by atoms with Crippen molar-refractivity contribution in [2.45, 2.75) is 20.8 Å². The number of anilines is 3. The second kappa shape index (κ2) is 5.04. The molecule has 4 nitrogen and oxygen atoms in total. The first-order valence-corrected chi connectivity index (χ1v) is 5.95. The maximum Gasteiger partial charge on any atom is 0.135 e. The van der Waals surface area contributed by atoms with E-state index >= 15 is 0 Å². The molecule has 18 heavy (non-hydrogen) atoms. The molecule has 0 bridgehead atoms. The molecule has 1 aromatic carbocycles. The van der Waals surface area contributed by atoms with Crippen LogP contribution in [0, 0.1) is 20.8 Å². The van der Waals surface area contributed by atoms with E-state index in [1.165, 1.54) is 16.7 Å². The van der Waals surface area contributed by atoms with Crippen LogP contribution in [0.4, 0.5) is 17.3 Å². The molecule has 2 aromatic rings. The first-order valence-electron chi connectivity index (χ1n) is 5.95. The van der Waals surface area contributed by atoms with E-state index in [-0.39, 0.29) is 0 Å². The fourth-order valence-corrected chi connectivity index (χ4v) is 2.07. The van der Waals surface area contributed by atoms with Crippen LogP contribution in [0.25, 0.3) is 0 Å². The quantitative estimate of drug-likeness (QED) is 0.868. The molecule has 0 radical (unpaired) electrons. The van der Waals surface area contributed by atoms with Gasteiger partial charge in [-0.05, 0) is 31.9 Å². The average Bonchev–Trinajstić information content (AvgIpc) is 2.34. The molecule has 1 aromatic heterocycles. The maximum absolute atomic E-state index is 4.23. The minimum Gasteiger partial charge on any atom is -0.373 e. The lowest BCUT2D eigenvalue weighted by Gasteiger charge is -2.13. The minimum absolute atomic E-state index is 0.796. The molecule has 4 heteroatoms. The molecule has 0 aliphatic rings. The number of rotatable bonds is 3. The number of hydrogen-bond donors (Lipinski definition) is 2. The standard InChI is InChI=1S/C14H18N4/c1-9-5-10(2)14(11(3)6-9)18-13-7-12(15-4)16-8-17-13/h5-8H,1-4H3,(H2,15,16,17,18). The Balaban J connectivity index is 2.33. The van der Waals surface area contributed by atoms with Crippen LogP contribution in [-0.2, 0) is 0 Å². The molecule has 1 heterocycles. The Morgan fingerprint density at radius 3 is 2.11 bits per heavy atom. The van der Waals surface area contributed by atoms with Crippen molar-refractivity contribution in [3.63, 3.8) is 0 Å². The van der Waals surface area contributed by atoms with Gasteiger partial charge in [0, 0.05) is 18.8 Å². The number of hydrogen-bond acceptors (Lipinski definition) is 4. The van der Waals surface area contributed by atoms with Crippen molar-refractivity contribution in [3.05, 3.63) is 41.2 Å². The van der Waals surface area contributed by atoms with Crippen LogP contribution >= 0.6 is 0 Å². The van der Waals surface area contributed by atoms with Crippen molar-refractivity contribution < 1.29 is 0 Å². The van der Waals surface area contributed by atoms with Crippen LogP contribution in [0.5, 0.6) is 0 Å². The Bertz CT molecular complexity index is 540. The van der Waals surface area contributed by atoms with Crippen molar-refractivity contribution in [2.75, 3.05) is 17.7 Å². The van der Waals surface area contributed by atoms with Gasteiger partial charge in [0.25, 0.3) is 0 Å². The van der Waals surface area contributed by atoms with Gasteiger partial charge < -0.3 is 10.6 Å². The summed E-state index contributed by atoms with van der Waals surface area (Å²) in [6.07, 6.45) is 1.55. The highest BCUT2D eigenvalue weighted by molar-refractivity contribution is 5.66. The molecule has 0 saturated heterocycles. The largest absolute Gasteiger partial charge is 0.373 e. The summed E-state index contributed by atoms with van der Waals surface area (Å²) >= 11 is 0. The number of aromatic nitrogens is 2. The number of aryl methyl sites for hydroxylation is 3. The predicted molar refractivity (Wildman–Crippen MR) is 75.5 cm³/mol. The van der Waals surface area contributed by atoms with Crippen LogP contribution in [0.3, 0.4) is 0 Å². The molecule has 0 spiro atoms. The Morgan fingerprint density at radius 1 is 0.889 bits per heavy atom. The number of nitrogens with zero attached hydrogens (tertiary/aromatic N) is 2. The monoisotopic (exact) mass is 242 g/mol. The fourth-order valence-electron chi connectivity index (χ4n) is 2.07. The van der Waals surface area contributed by atoms with Gasteiger partial charge in [0.1, 0.15) is 18.0 Å². The Kier molecular flexibility index (Phi) is 3.46. The van der Waals surface area contributed by atoms with Gasteiger partial charge in [-0.3, -0.25) is 0 Å². The Morgan fingerprint density at radius 2 is 1.50 bits per heavy atom. The van der Waals surface area contributed by atoms with Gasteiger partial charge in [-0.15, -0.1) is 0 Å². The second-order valence-corrected chi connectivity index (χ2v) is 4.44. The SMILES string of the molecule is CNc1cc(Nc2c(C)cc(C)cc2C)ncn1. The second-order valence-electron chi connectivity index (χ2n) is 4.44. The predicted octanol–water partition coefficient (Wildman–Crippen LogP) is 3.19. The lowest BCUT2D eigenvalue weighted by molar-refractivity contribution is 1.15. The third-order valence-electron chi connectivity index (χ3n) is 2.85. The molecule has 2 N–H and O–H groups in total. The molecule has 2 rings (SSSR count). The number of nitrogens with one attached hydrogen (secondary N) is 2. The van der Waals surface area contributed by atoms with Crippen molar-refractivity contribution in [3.8, 4) is 0 Å². The Hall–Kier alpha value is -2.10. The third kappa shape index (κ3) is 2.59. The molecular weight excluding hydrogens is 224 g/mol. The topological polar surface area (TPSA) is 49.8 Å². The van der Waals surface area contributed by atoms with Crippen molar-refractivity contribution >= 4 is 17.3 Å². The van der Waals surface area contributed by atoms with Gasteiger partial charge in [-0.2, -0.15) is 0 Å². The zero-order valence-electron chi connectivity index (χ0n) is 11.2. The molecule has 0 unspecified atom stereocenters. The molecular formula is C14H18N4. The van der Waals surface area contributed by atoms with E-state index in [1.54, 1.807) is 6.33 Å². The lowest BCUT2D eigenvalue weighted by Crippen LogP contribution is -2.01. The summed E-state index contributed by atoms with van der Waals surface area (Å²) in [5.74, 6) is 1.60. The van der Waals surface area contributed by atoms with Crippen LogP contribution < -0.4 is 10.6 Å². The zero-order valence-corrected chi connectivity index (χ0v) is 11.2. The van der Waals surface area contributed by atoms with Crippen LogP contribution in [-0.4, -0.2) is 17.0 Å². The van der Waals surface area contributed by atoms with Crippen molar-refractivity contribution in [1.82, 2.24) is 9.97 Å². The highest BCUT2D eigenvalue weighted by atomic mass is 15.1. The summed E-state index contributed by atoms with van der Waals surface area (Å²) in [6.45, 7) is 6.30. The molecule has 0 amide bonds. The van der Waals surface area contributed by atoms with E-state index in [2.05, 4.69) is 53.5 Å². The van der Waals surface area contributed by atoms with Crippen molar-refractivity contribution in [2.24, 2.45) is 0 Å². The van der Waals surface area contributed by atoms with E-state index in [0.717, 1.165) is 17.3 Å². The molecule has 0 aliphatic heterocycles. The summed E-state index contributed by atoms with van der Waals surface area (Å²) in [5, 5.41) is 6.35. The maximum atomic E-state index is 4.23. The summed E-state index contributed by atoms with van der Waals surface area (Å²) in [4.78, 5) is 8.32. The van der Waals surface area contributed by atoms with Crippen LogP contribution in [0.15, 0.2) is 24.5 Å². The fraction of sp³-hybridized carbons (Fsp3) is 0.286. The van der Waals surface area contributed by atoms with Gasteiger partial charge in [0.05, 0.1) is 0 Å². The number of benzene rings is 1. The minimum atomic E-state index is 0.796. The average molecular weight is 242 g/mol. The molecule has 0 aliphatic carbocycles. The van der Waals surface area contributed by atoms with E-state index in [9.17, 15) is 0 Å². The van der Waals surface area contributed by atoms with E-state index in [0.29, 0.717) is 0 Å². The third-order valence-corrected chi connectivity index (χ3v) is 2.85. The molecule has 94 valence electrons. The molecule has 0 saturated carbocycles. The van der Waals surface area contributed by atoms with Gasteiger partial charge in [-0.25, -0.2) is 9.97 Å². The van der Waals surface area contributed by atoms with E-state index < -0.39 is 0 Å². The summed E-state index contributed by atoms with van der Waals surface area (Å²) in [5.41, 5.74) is 4.82. The Labute approximate surface area is 107 Å². The van der Waals surface area contributed by atoms with Crippen molar-refractivity contribution in [1.29, 1.82) is 0 Å². The van der Waals surface area contributed by atoms with Gasteiger partial charge in [0.2, 0.25) is 0 Å². The highest BCUT2D eigenvalue weighted by Crippen LogP contribution is 2.25. The van der Waals surface area contributed by atoms with Gasteiger partial charge in [0.15, 0.2) is 0 Å². The smallest absolute Gasteiger partial charge is 0.135 e. The lowest BCUT2D eigenvalue weighted by atomic mass is 10.1. The zero-order chi connectivity index (χ0) is 13.1. The van der Waals surface area contributed by atoms with Crippen LogP contribution in [0.1, 0.15) is 16.7 Å².